The van der Waals surface area contributed by atoms with Gasteiger partial charge in [-0.05, 0) is 25.0 Å². The summed E-state index contributed by atoms with van der Waals surface area (Å²) in [7, 11) is 1.37. The summed E-state index contributed by atoms with van der Waals surface area (Å²) in [5, 5.41) is 4.30. The van der Waals surface area contributed by atoms with Crippen molar-refractivity contribution in [2.75, 3.05) is 12.4 Å². The SMILES string of the molecule is CCC1N=C(c2ccccc2Cl)c2cc(CCC(=O)OC)sc2NC1=O. The van der Waals surface area contributed by atoms with Crippen LogP contribution >= 0.6 is 22.9 Å². The molecule has 0 saturated heterocycles. The van der Waals surface area contributed by atoms with Gasteiger partial charge in [0.2, 0.25) is 5.91 Å². The van der Waals surface area contributed by atoms with Crippen LogP contribution in [-0.2, 0) is 20.7 Å². The topological polar surface area (TPSA) is 67.8 Å². The van der Waals surface area contributed by atoms with Gasteiger partial charge in [-0.1, -0.05) is 36.7 Å². The van der Waals surface area contributed by atoms with Crippen molar-refractivity contribution in [1.29, 1.82) is 0 Å². The third-order valence-electron chi connectivity index (χ3n) is 4.18. The van der Waals surface area contributed by atoms with Crippen LogP contribution in [0.3, 0.4) is 0 Å². The van der Waals surface area contributed by atoms with Gasteiger partial charge in [-0.3, -0.25) is 14.6 Å². The van der Waals surface area contributed by atoms with E-state index in [-0.39, 0.29) is 11.9 Å². The van der Waals surface area contributed by atoms with E-state index in [0.717, 1.165) is 21.0 Å². The van der Waals surface area contributed by atoms with E-state index in [4.69, 9.17) is 21.3 Å². The molecule has 0 fully saturated rings. The van der Waals surface area contributed by atoms with Crippen molar-refractivity contribution in [2.45, 2.75) is 32.2 Å². The zero-order chi connectivity index (χ0) is 18.7. The molecular formula is C19H19ClN2O3S. The van der Waals surface area contributed by atoms with Gasteiger partial charge in [0, 0.05) is 21.0 Å². The fourth-order valence-corrected chi connectivity index (χ4v) is 4.07. The number of fused-ring (bicyclic) bond motifs is 1. The highest BCUT2D eigenvalue weighted by Crippen LogP contribution is 2.35. The van der Waals surface area contributed by atoms with E-state index in [0.29, 0.717) is 30.0 Å². The third-order valence-corrected chi connectivity index (χ3v) is 5.62. The molecule has 1 amide bonds. The number of aliphatic imine (C=N–C) groups is 1. The monoisotopic (exact) mass is 390 g/mol. The molecule has 1 N–H and O–H groups in total. The van der Waals surface area contributed by atoms with Crippen LogP contribution in [0.5, 0.6) is 0 Å². The van der Waals surface area contributed by atoms with E-state index in [9.17, 15) is 9.59 Å². The summed E-state index contributed by atoms with van der Waals surface area (Å²) in [6, 6.07) is 8.99. The molecule has 0 radical (unpaired) electrons. The number of rotatable bonds is 5. The van der Waals surface area contributed by atoms with Gasteiger partial charge in [0.05, 0.1) is 19.2 Å². The summed E-state index contributed by atoms with van der Waals surface area (Å²) in [5.41, 5.74) is 2.34. The maximum atomic E-state index is 12.5. The summed E-state index contributed by atoms with van der Waals surface area (Å²) in [4.78, 5) is 29.6. The summed E-state index contributed by atoms with van der Waals surface area (Å²) in [6.45, 7) is 1.93. The molecule has 2 heterocycles. The van der Waals surface area contributed by atoms with Gasteiger partial charge in [0.15, 0.2) is 0 Å². The van der Waals surface area contributed by atoms with Crippen molar-refractivity contribution in [3.05, 3.63) is 51.4 Å². The number of carbonyl (C=O) groups excluding carboxylic acids is 2. The van der Waals surface area contributed by atoms with Crippen molar-refractivity contribution < 1.29 is 14.3 Å². The fraction of sp³-hybridized carbons (Fsp3) is 0.316. The zero-order valence-electron chi connectivity index (χ0n) is 14.5. The zero-order valence-corrected chi connectivity index (χ0v) is 16.1. The highest BCUT2D eigenvalue weighted by atomic mass is 35.5. The molecule has 136 valence electrons. The molecule has 0 spiro atoms. The Kier molecular flexibility index (Phi) is 5.74. The largest absolute Gasteiger partial charge is 0.469 e. The second-order valence-corrected chi connectivity index (χ2v) is 7.45. The molecule has 0 aliphatic carbocycles. The number of aryl methyl sites for hydroxylation is 1. The predicted octanol–water partition coefficient (Wildman–Crippen LogP) is 4.08. The average molecular weight is 391 g/mol. The highest BCUT2D eigenvalue weighted by Gasteiger charge is 2.27. The Morgan fingerprint density at radius 3 is 2.81 bits per heavy atom. The Morgan fingerprint density at radius 1 is 1.35 bits per heavy atom. The molecular weight excluding hydrogens is 372 g/mol. The fourth-order valence-electron chi connectivity index (χ4n) is 2.79. The first-order valence-corrected chi connectivity index (χ1v) is 9.56. The highest BCUT2D eigenvalue weighted by molar-refractivity contribution is 7.16. The Morgan fingerprint density at radius 2 is 2.12 bits per heavy atom. The summed E-state index contributed by atoms with van der Waals surface area (Å²) < 4.78 is 4.70. The number of thiophene rings is 1. The van der Waals surface area contributed by atoms with Gasteiger partial charge in [-0.2, -0.15) is 0 Å². The minimum absolute atomic E-state index is 0.128. The van der Waals surface area contributed by atoms with Gasteiger partial charge < -0.3 is 10.1 Å². The summed E-state index contributed by atoms with van der Waals surface area (Å²) in [5.74, 6) is -0.388. The van der Waals surface area contributed by atoms with Gasteiger partial charge in [-0.25, -0.2) is 0 Å². The minimum atomic E-state index is -0.459. The first-order valence-electron chi connectivity index (χ1n) is 8.37. The van der Waals surface area contributed by atoms with Crippen LogP contribution < -0.4 is 5.32 Å². The van der Waals surface area contributed by atoms with Crippen molar-refractivity contribution in [3.8, 4) is 0 Å². The lowest BCUT2D eigenvalue weighted by molar-refractivity contribution is -0.140. The number of ether oxygens (including phenoxy) is 1. The normalized spacial score (nSPS) is 16.3. The molecule has 0 saturated carbocycles. The number of hydrogen-bond acceptors (Lipinski definition) is 5. The van der Waals surface area contributed by atoms with E-state index >= 15 is 0 Å². The summed E-state index contributed by atoms with van der Waals surface area (Å²) >= 11 is 7.85. The van der Waals surface area contributed by atoms with Gasteiger partial charge >= 0.3 is 5.97 Å². The lowest BCUT2D eigenvalue weighted by atomic mass is 10.0. The van der Waals surface area contributed by atoms with Gasteiger partial charge in [0.25, 0.3) is 0 Å². The Bertz CT molecular complexity index is 875. The van der Waals surface area contributed by atoms with Crippen LogP contribution in [0.1, 0.15) is 35.8 Å². The third kappa shape index (κ3) is 3.81. The number of nitrogens with zero attached hydrogens (tertiary/aromatic N) is 1. The molecule has 0 bridgehead atoms. The number of hydrogen-bond donors (Lipinski definition) is 1. The number of benzene rings is 1. The Labute approximate surface area is 161 Å². The van der Waals surface area contributed by atoms with Crippen molar-refractivity contribution in [2.24, 2.45) is 4.99 Å². The molecule has 5 nitrogen and oxygen atoms in total. The van der Waals surface area contributed by atoms with Gasteiger partial charge in [0.1, 0.15) is 11.0 Å². The number of amides is 1. The summed E-state index contributed by atoms with van der Waals surface area (Å²) in [6.07, 6.45) is 1.44. The molecule has 1 aromatic carbocycles. The van der Waals surface area contributed by atoms with Crippen LogP contribution in [0.2, 0.25) is 5.02 Å². The Hall–Kier alpha value is -2.18. The average Bonchev–Trinajstić information content (AvgIpc) is 2.98. The number of esters is 1. The van der Waals surface area contributed by atoms with Crippen molar-refractivity contribution in [3.63, 3.8) is 0 Å². The quantitative estimate of drug-likeness (QED) is 0.782. The van der Waals surface area contributed by atoms with Gasteiger partial charge in [-0.15, -0.1) is 11.3 Å². The van der Waals surface area contributed by atoms with E-state index in [2.05, 4.69) is 5.32 Å². The van der Waals surface area contributed by atoms with E-state index in [1.807, 2.05) is 37.3 Å². The molecule has 1 aliphatic heterocycles. The minimum Gasteiger partial charge on any atom is -0.469 e. The van der Waals surface area contributed by atoms with E-state index < -0.39 is 6.04 Å². The number of anilines is 1. The molecule has 7 heteroatoms. The molecule has 2 aromatic rings. The number of methoxy groups -OCH3 is 1. The van der Waals surface area contributed by atoms with Crippen LogP contribution in [0.4, 0.5) is 5.00 Å². The molecule has 3 rings (SSSR count). The maximum Gasteiger partial charge on any atom is 0.305 e. The van der Waals surface area contributed by atoms with Crippen LogP contribution in [0.25, 0.3) is 0 Å². The first-order chi connectivity index (χ1) is 12.5. The molecule has 1 atom stereocenters. The second-order valence-electron chi connectivity index (χ2n) is 5.90. The van der Waals surface area contributed by atoms with Crippen LogP contribution in [-0.4, -0.2) is 30.7 Å². The molecule has 26 heavy (non-hydrogen) atoms. The number of halogens is 1. The number of carbonyl (C=O) groups is 2. The van der Waals surface area contributed by atoms with Crippen molar-refractivity contribution >= 4 is 45.5 Å². The second kappa shape index (κ2) is 8.01. The molecule has 1 unspecified atom stereocenters. The van der Waals surface area contributed by atoms with Crippen LogP contribution in [0, 0.1) is 0 Å². The first kappa shape index (κ1) is 18.6. The Balaban J connectivity index is 2.05. The lowest BCUT2D eigenvalue weighted by Gasteiger charge is -2.09. The molecule has 1 aromatic heterocycles. The van der Waals surface area contributed by atoms with E-state index in [1.165, 1.54) is 18.4 Å². The smallest absolute Gasteiger partial charge is 0.305 e. The maximum absolute atomic E-state index is 12.5. The van der Waals surface area contributed by atoms with E-state index in [1.54, 1.807) is 0 Å². The lowest BCUT2D eigenvalue weighted by Crippen LogP contribution is -2.24. The standard InChI is InChI=1S/C19H19ClN2O3S/c1-3-15-18(24)22-19-13(10-11(26-19)8-9-16(23)25-2)17(21-15)12-6-4-5-7-14(12)20/h4-7,10,15H,3,8-9H2,1-2H3,(H,22,24). The van der Waals surface area contributed by atoms with Crippen LogP contribution in [0.15, 0.2) is 35.3 Å². The number of nitrogens with one attached hydrogen (secondary N) is 1. The van der Waals surface area contributed by atoms with Crippen molar-refractivity contribution in [1.82, 2.24) is 0 Å². The molecule has 1 aliphatic rings. The predicted molar refractivity (Wildman–Crippen MR) is 104 cm³/mol.